The molecule has 2 aromatic heterocycles. The van der Waals surface area contributed by atoms with Gasteiger partial charge in [-0.25, -0.2) is 5.43 Å². The van der Waals surface area contributed by atoms with Gasteiger partial charge in [0.15, 0.2) is 0 Å². The van der Waals surface area contributed by atoms with Crippen LogP contribution in [0.25, 0.3) is 0 Å². The lowest BCUT2D eigenvalue weighted by atomic mass is 10.1. The first-order valence-electron chi connectivity index (χ1n) is 4.88. The highest BCUT2D eigenvalue weighted by atomic mass is 79.9. The minimum atomic E-state index is -0.237. The Hall–Kier alpha value is -0.760. The lowest BCUT2D eigenvalue weighted by molar-refractivity contribution is 0.588. The van der Waals surface area contributed by atoms with Crippen molar-refractivity contribution >= 4 is 31.9 Å². The predicted molar refractivity (Wildman–Crippen MR) is 72.0 cm³/mol. The lowest BCUT2D eigenvalue weighted by Crippen LogP contribution is -2.30. The molecule has 1 atom stereocenters. The van der Waals surface area contributed by atoms with Crippen LogP contribution in [0.4, 0.5) is 0 Å². The number of hydrogen-bond donors (Lipinski definition) is 2. The number of nitrogens with zero attached hydrogens (tertiary/aromatic N) is 3. The number of nitrogens with one attached hydrogen (secondary N) is 1. The van der Waals surface area contributed by atoms with Gasteiger partial charge in [0.2, 0.25) is 0 Å². The third-order valence-electron chi connectivity index (χ3n) is 2.31. The summed E-state index contributed by atoms with van der Waals surface area (Å²) in [6, 6.07) is 3.59. The molecule has 1 unspecified atom stereocenters. The Morgan fingerprint density at radius 1 is 1.47 bits per heavy atom. The molecule has 0 fully saturated rings. The second-order valence-corrected chi connectivity index (χ2v) is 5.30. The summed E-state index contributed by atoms with van der Waals surface area (Å²) in [5, 5.41) is 4.32. The van der Waals surface area contributed by atoms with E-state index in [2.05, 4.69) is 47.4 Å². The number of hydrazine groups is 1. The minimum absolute atomic E-state index is 0.237. The number of aromatic nitrogens is 3. The molecule has 0 aliphatic heterocycles. The van der Waals surface area contributed by atoms with E-state index in [1.54, 1.807) is 10.9 Å². The van der Waals surface area contributed by atoms with Crippen molar-refractivity contribution < 1.29 is 0 Å². The number of pyridine rings is 1. The zero-order valence-corrected chi connectivity index (χ0v) is 12.2. The first-order chi connectivity index (χ1) is 8.11. The van der Waals surface area contributed by atoms with Crippen molar-refractivity contribution in [1.29, 1.82) is 0 Å². The summed E-state index contributed by atoms with van der Waals surface area (Å²) in [6.45, 7) is 0. The van der Waals surface area contributed by atoms with Crippen LogP contribution in [0.3, 0.4) is 0 Å². The Morgan fingerprint density at radius 2 is 2.24 bits per heavy atom. The molecule has 0 bridgehead atoms. The molecular formula is C10H11Br2N5. The highest BCUT2D eigenvalue weighted by Crippen LogP contribution is 2.27. The van der Waals surface area contributed by atoms with Gasteiger partial charge in [-0.15, -0.1) is 0 Å². The lowest BCUT2D eigenvalue weighted by Gasteiger charge is -2.14. The Morgan fingerprint density at radius 3 is 2.76 bits per heavy atom. The third-order valence-corrected chi connectivity index (χ3v) is 3.38. The van der Waals surface area contributed by atoms with E-state index in [0.717, 1.165) is 20.3 Å². The molecule has 2 heterocycles. The fourth-order valence-corrected chi connectivity index (χ4v) is 2.75. The molecule has 2 rings (SSSR count). The van der Waals surface area contributed by atoms with E-state index in [0.29, 0.717) is 0 Å². The fraction of sp³-hybridized carbons (Fsp3) is 0.200. The SMILES string of the molecule is Cn1ccc(C(NN)c2ncc(Br)cc2Br)n1. The first kappa shape index (κ1) is 12.7. The number of hydrogen-bond acceptors (Lipinski definition) is 4. The topological polar surface area (TPSA) is 68.8 Å². The number of aryl methyl sites for hydroxylation is 1. The van der Waals surface area contributed by atoms with E-state index in [-0.39, 0.29) is 6.04 Å². The van der Waals surface area contributed by atoms with Crippen LogP contribution in [0.5, 0.6) is 0 Å². The van der Waals surface area contributed by atoms with Crippen molar-refractivity contribution in [3.63, 3.8) is 0 Å². The van der Waals surface area contributed by atoms with Crippen LogP contribution in [0.1, 0.15) is 17.4 Å². The fourth-order valence-electron chi connectivity index (χ4n) is 1.53. The van der Waals surface area contributed by atoms with E-state index in [9.17, 15) is 0 Å². The maximum atomic E-state index is 5.58. The summed E-state index contributed by atoms with van der Waals surface area (Å²) in [5.74, 6) is 5.58. The van der Waals surface area contributed by atoms with Crippen LogP contribution in [-0.4, -0.2) is 14.8 Å². The molecule has 0 radical (unpaired) electrons. The van der Waals surface area contributed by atoms with E-state index < -0.39 is 0 Å². The van der Waals surface area contributed by atoms with E-state index in [4.69, 9.17) is 5.84 Å². The van der Waals surface area contributed by atoms with Gasteiger partial charge in [-0.2, -0.15) is 5.10 Å². The zero-order valence-electron chi connectivity index (χ0n) is 9.06. The molecule has 0 saturated heterocycles. The van der Waals surface area contributed by atoms with Gasteiger partial charge in [-0.1, -0.05) is 0 Å². The summed E-state index contributed by atoms with van der Waals surface area (Å²) in [6.07, 6.45) is 3.60. The van der Waals surface area contributed by atoms with Gasteiger partial charge in [0, 0.05) is 28.4 Å². The summed E-state index contributed by atoms with van der Waals surface area (Å²) < 4.78 is 3.51. The third kappa shape index (κ3) is 2.74. The van der Waals surface area contributed by atoms with Crippen molar-refractivity contribution in [3.05, 3.63) is 44.9 Å². The van der Waals surface area contributed by atoms with Crippen molar-refractivity contribution in [2.45, 2.75) is 6.04 Å². The van der Waals surface area contributed by atoms with Crippen molar-refractivity contribution in [2.24, 2.45) is 12.9 Å². The largest absolute Gasteiger partial charge is 0.275 e. The van der Waals surface area contributed by atoms with Crippen LogP contribution in [0.15, 0.2) is 33.5 Å². The summed E-state index contributed by atoms with van der Waals surface area (Å²) >= 11 is 6.83. The molecule has 17 heavy (non-hydrogen) atoms. The molecule has 0 aliphatic rings. The summed E-state index contributed by atoms with van der Waals surface area (Å²) in [5.41, 5.74) is 4.35. The quantitative estimate of drug-likeness (QED) is 0.647. The first-order valence-corrected chi connectivity index (χ1v) is 6.47. The monoisotopic (exact) mass is 359 g/mol. The van der Waals surface area contributed by atoms with Crippen LogP contribution in [-0.2, 0) is 7.05 Å². The van der Waals surface area contributed by atoms with Crippen LogP contribution < -0.4 is 11.3 Å². The molecular weight excluding hydrogens is 350 g/mol. The van der Waals surface area contributed by atoms with Gasteiger partial charge in [0.25, 0.3) is 0 Å². The van der Waals surface area contributed by atoms with Crippen LogP contribution in [0, 0.1) is 0 Å². The predicted octanol–water partition coefficient (Wildman–Crippen LogP) is 1.89. The van der Waals surface area contributed by atoms with Gasteiger partial charge in [-0.05, 0) is 44.0 Å². The standard InChI is InChI=1S/C10H11Br2N5/c1-17-3-2-8(16-17)10(15-13)9-7(12)4-6(11)5-14-9/h2-5,10,15H,13H2,1H3. The maximum Gasteiger partial charge on any atom is 0.108 e. The summed E-state index contributed by atoms with van der Waals surface area (Å²) in [7, 11) is 1.86. The Labute approximate surface area is 116 Å². The van der Waals surface area contributed by atoms with E-state index in [1.165, 1.54) is 0 Å². The second-order valence-electron chi connectivity index (χ2n) is 3.53. The minimum Gasteiger partial charge on any atom is -0.275 e. The highest BCUT2D eigenvalue weighted by molar-refractivity contribution is 9.11. The van der Waals surface area contributed by atoms with Gasteiger partial charge in [0.1, 0.15) is 6.04 Å². The molecule has 5 nitrogen and oxygen atoms in total. The molecule has 7 heteroatoms. The Bertz CT molecular complexity index is 525. The van der Waals surface area contributed by atoms with E-state index >= 15 is 0 Å². The molecule has 0 aromatic carbocycles. The average molecular weight is 361 g/mol. The maximum absolute atomic E-state index is 5.58. The highest BCUT2D eigenvalue weighted by Gasteiger charge is 2.19. The molecule has 0 amide bonds. The smallest absolute Gasteiger partial charge is 0.108 e. The molecule has 0 spiro atoms. The van der Waals surface area contributed by atoms with Crippen molar-refractivity contribution in [1.82, 2.24) is 20.2 Å². The van der Waals surface area contributed by atoms with E-state index in [1.807, 2.05) is 25.4 Å². The average Bonchev–Trinajstić information content (AvgIpc) is 2.69. The van der Waals surface area contributed by atoms with Gasteiger partial charge < -0.3 is 0 Å². The zero-order chi connectivity index (χ0) is 12.4. The normalized spacial score (nSPS) is 12.7. The van der Waals surface area contributed by atoms with Gasteiger partial charge >= 0.3 is 0 Å². The second kappa shape index (κ2) is 5.26. The van der Waals surface area contributed by atoms with Crippen LogP contribution >= 0.6 is 31.9 Å². The molecule has 3 N–H and O–H groups in total. The summed E-state index contributed by atoms with van der Waals surface area (Å²) in [4.78, 5) is 4.35. The van der Waals surface area contributed by atoms with Gasteiger partial charge in [-0.3, -0.25) is 15.5 Å². The molecule has 0 saturated carbocycles. The number of halogens is 2. The molecule has 2 aromatic rings. The van der Waals surface area contributed by atoms with Crippen LogP contribution in [0.2, 0.25) is 0 Å². The Kier molecular flexibility index (Phi) is 3.93. The Balaban J connectivity index is 2.42. The van der Waals surface area contributed by atoms with Gasteiger partial charge in [0.05, 0.1) is 11.4 Å². The number of nitrogens with two attached hydrogens (primary N) is 1. The van der Waals surface area contributed by atoms with Crippen molar-refractivity contribution in [3.8, 4) is 0 Å². The number of rotatable bonds is 3. The molecule has 90 valence electrons. The molecule has 0 aliphatic carbocycles. The van der Waals surface area contributed by atoms with Crippen molar-refractivity contribution in [2.75, 3.05) is 0 Å².